The normalized spacial score (nSPS) is 14.9. The van der Waals surface area contributed by atoms with Gasteiger partial charge in [0.1, 0.15) is 0 Å². The minimum atomic E-state index is 1.01. The van der Waals surface area contributed by atoms with Gasteiger partial charge in [0.15, 0.2) is 0 Å². The van der Waals surface area contributed by atoms with E-state index in [4.69, 9.17) is 0 Å². The highest BCUT2D eigenvalue weighted by atomic mass is 15.2. The molecule has 0 fully saturated rings. The Morgan fingerprint density at radius 3 is 2.12 bits per heavy atom. The summed E-state index contributed by atoms with van der Waals surface area (Å²) >= 11 is 0. The van der Waals surface area contributed by atoms with Gasteiger partial charge in [-0.25, -0.2) is 0 Å². The number of rotatable bonds is 10. The van der Waals surface area contributed by atoms with Crippen molar-refractivity contribution in [3.63, 3.8) is 0 Å². The minimum Gasteiger partial charge on any atom is -0.361 e. The Morgan fingerprint density at radius 1 is 0.938 bits per heavy atom. The zero-order chi connectivity index (χ0) is 11.5. The van der Waals surface area contributed by atoms with Crippen LogP contribution in [-0.4, -0.2) is 30.9 Å². The summed E-state index contributed by atoms with van der Waals surface area (Å²) in [6.07, 6.45) is 14.8. The van der Waals surface area contributed by atoms with Gasteiger partial charge in [-0.15, -0.1) is 0 Å². The lowest BCUT2D eigenvalue weighted by Crippen LogP contribution is -2.20. The van der Waals surface area contributed by atoms with Crippen LogP contribution in [0.5, 0.6) is 0 Å². The highest BCUT2D eigenvalue weighted by molar-refractivity contribution is 5.56. The maximum atomic E-state index is 4.22. The maximum Gasteiger partial charge on any atom is 0.0851 e. The average molecular weight is 224 g/mol. The number of aliphatic imine (C=N–C) groups is 1. The van der Waals surface area contributed by atoms with E-state index < -0.39 is 0 Å². The first-order chi connectivity index (χ1) is 7.93. The molecule has 16 heavy (non-hydrogen) atoms. The van der Waals surface area contributed by atoms with Gasteiger partial charge in [0.2, 0.25) is 0 Å². The lowest BCUT2D eigenvalue weighted by atomic mass is 10.1. The van der Waals surface area contributed by atoms with Crippen LogP contribution in [0.1, 0.15) is 64.7 Å². The summed E-state index contributed by atoms with van der Waals surface area (Å²) in [5, 5.41) is 0. The van der Waals surface area contributed by atoms with Crippen molar-refractivity contribution in [1.82, 2.24) is 4.90 Å². The van der Waals surface area contributed by atoms with Crippen LogP contribution >= 0.6 is 0 Å². The van der Waals surface area contributed by atoms with Crippen LogP contribution in [0, 0.1) is 0 Å². The van der Waals surface area contributed by atoms with Crippen LogP contribution in [0.4, 0.5) is 0 Å². The molecule has 0 spiro atoms. The Morgan fingerprint density at radius 2 is 1.56 bits per heavy atom. The molecule has 0 aromatic carbocycles. The quantitative estimate of drug-likeness (QED) is 0.514. The Labute approximate surface area is 101 Å². The van der Waals surface area contributed by atoms with Crippen molar-refractivity contribution in [2.24, 2.45) is 4.99 Å². The number of nitrogens with zero attached hydrogens (tertiary/aromatic N) is 2. The van der Waals surface area contributed by atoms with E-state index in [1.165, 1.54) is 64.3 Å². The summed E-state index contributed by atoms with van der Waals surface area (Å²) in [6.45, 7) is 5.66. The van der Waals surface area contributed by atoms with Crippen LogP contribution in [0.3, 0.4) is 0 Å². The highest BCUT2D eigenvalue weighted by Crippen LogP contribution is 2.09. The topological polar surface area (TPSA) is 15.6 Å². The Balaban J connectivity index is 1.73. The van der Waals surface area contributed by atoms with E-state index in [1.807, 2.05) is 6.34 Å². The standard InChI is InChI=1S/C14H28N2/c1-2-3-4-5-6-7-8-9-10-12-16-13-11-15-14-16/h14H,2-13H2,1H3. The third kappa shape index (κ3) is 6.86. The first-order valence-corrected chi connectivity index (χ1v) is 7.17. The fourth-order valence-corrected chi connectivity index (χ4v) is 2.21. The highest BCUT2D eigenvalue weighted by Gasteiger charge is 2.03. The Kier molecular flexibility index (Phi) is 8.19. The average Bonchev–Trinajstić information content (AvgIpc) is 2.80. The van der Waals surface area contributed by atoms with Gasteiger partial charge in [-0.05, 0) is 6.42 Å². The predicted molar refractivity (Wildman–Crippen MR) is 72.2 cm³/mol. The molecule has 0 atom stereocenters. The smallest absolute Gasteiger partial charge is 0.0851 e. The molecule has 0 unspecified atom stereocenters. The first-order valence-electron chi connectivity index (χ1n) is 7.17. The van der Waals surface area contributed by atoms with Gasteiger partial charge in [-0.2, -0.15) is 0 Å². The molecule has 0 saturated heterocycles. The molecule has 0 aromatic rings. The number of hydrogen-bond acceptors (Lipinski definition) is 2. The molecule has 0 aliphatic carbocycles. The van der Waals surface area contributed by atoms with E-state index in [-0.39, 0.29) is 0 Å². The molecule has 2 nitrogen and oxygen atoms in total. The molecule has 0 bridgehead atoms. The van der Waals surface area contributed by atoms with Crippen molar-refractivity contribution in [1.29, 1.82) is 0 Å². The molecule has 1 aliphatic rings. The molecule has 0 radical (unpaired) electrons. The van der Waals surface area contributed by atoms with E-state index in [9.17, 15) is 0 Å². The van der Waals surface area contributed by atoms with Gasteiger partial charge in [-0.3, -0.25) is 4.99 Å². The first kappa shape index (κ1) is 13.5. The molecular weight excluding hydrogens is 196 g/mol. The Bertz CT molecular complexity index is 178. The van der Waals surface area contributed by atoms with E-state index >= 15 is 0 Å². The summed E-state index contributed by atoms with van der Waals surface area (Å²) in [7, 11) is 0. The van der Waals surface area contributed by atoms with Gasteiger partial charge < -0.3 is 4.90 Å². The van der Waals surface area contributed by atoms with Crippen LogP contribution in [0.2, 0.25) is 0 Å². The van der Waals surface area contributed by atoms with Crippen LogP contribution < -0.4 is 0 Å². The third-order valence-electron chi connectivity index (χ3n) is 3.31. The SMILES string of the molecule is CCCCCCCCCCCN1C=NCC1. The molecule has 0 saturated carbocycles. The van der Waals surface area contributed by atoms with Crippen molar-refractivity contribution < 1.29 is 0 Å². The molecule has 0 amide bonds. The van der Waals surface area contributed by atoms with E-state index in [1.54, 1.807) is 0 Å². The van der Waals surface area contributed by atoms with Gasteiger partial charge in [0.05, 0.1) is 12.9 Å². The molecule has 1 heterocycles. The van der Waals surface area contributed by atoms with Gasteiger partial charge in [-0.1, -0.05) is 58.3 Å². The summed E-state index contributed by atoms with van der Waals surface area (Å²) in [5.41, 5.74) is 0. The second-order valence-corrected chi connectivity index (χ2v) is 4.89. The lowest BCUT2D eigenvalue weighted by Gasteiger charge is -2.12. The van der Waals surface area contributed by atoms with Gasteiger partial charge in [0.25, 0.3) is 0 Å². The van der Waals surface area contributed by atoms with E-state index in [2.05, 4.69) is 16.8 Å². The van der Waals surface area contributed by atoms with Crippen molar-refractivity contribution in [3.05, 3.63) is 0 Å². The second-order valence-electron chi connectivity index (χ2n) is 4.89. The van der Waals surface area contributed by atoms with Crippen LogP contribution in [0.15, 0.2) is 4.99 Å². The number of hydrogen-bond donors (Lipinski definition) is 0. The predicted octanol–water partition coefficient (Wildman–Crippen LogP) is 3.86. The zero-order valence-corrected chi connectivity index (χ0v) is 11.0. The fraction of sp³-hybridized carbons (Fsp3) is 0.929. The molecule has 1 rings (SSSR count). The lowest BCUT2D eigenvalue weighted by molar-refractivity contribution is 0.438. The van der Waals surface area contributed by atoms with E-state index in [0.717, 1.165) is 13.1 Å². The van der Waals surface area contributed by atoms with Gasteiger partial charge >= 0.3 is 0 Å². The maximum absolute atomic E-state index is 4.22. The summed E-state index contributed by atoms with van der Waals surface area (Å²) in [4.78, 5) is 6.57. The second kappa shape index (κ2) is 9.68. The fourth-order valence-electron chi connectivity index (χ4n) is 2.21. The summed E-state index contributed by atoms with van der Waals surface area (Å²) in [6, 6.07) is 0. The zero-order valence-electron chi connectivity index (χ0n) is 11.0. The molecular formula is C14H28N2. The number of unbranched alkanes of at least 4 members (excludes halogenated alkanes) is 8. The van der Waals surface area contributed by atoms with Crippen molar-refractivity contribution >= 4 is 6.34 Å². The van der Waals surface area contributed by atoms with E-state index in [0.29, 0.717) is 0 Å². The Hall–Kier alpha value is -0.530. The van der Waals surface area contributed by atoms with Crippen molar-refractivity contribution in [2.75, 3.05) is 19.6 Å². The third-order valence-corrected chi connectivity index (χ3v) is 3.31. The molecule has 0 aromatic heterocycles. The monoisotopic (exact) mass is 224 g/mol. The van der Waals surface area contributed by atoms with Crippen LogP contribution in [0.25, 0.3) is 0 Å². The van der Waals surface area contributed by atoms with Crippen molar-refractivity contribution in [3.8, 4) is 0 Å². The molecule has 1 aliphatic heterocycles. The summed E-state index contributed by atoms with van der Waals surface area (Å²) < 4.78 is 0. The minimum absolute atomic E-state index is 1.01. The van der Waals surface area contributed by atoms with Gasteiger partial charge in [0, 0.05) is 13.1 Å². The molecule has 0 N–H and O–H groups in total. The van der Waals surface area contributed by atoms with Crippen LogP contribution in [-0.2, 0) is 0 Å². The largest absolute Gasteiger partial charge is 0.361 e. The molecule has 94 valence electrons. The van der Waals surface area contributed by atoms with Crippen molar-refractivity contribution in [2.45, 2.75) is 64.7 Å². The molecule has 2 heteroatoms. The summed E-state index contributed by atoms with van der Waals surface area (Å²) in [5.74, 6) is 0.